The summed E-state index contributed by atoms with van der Waals surface area (Å²) in [5, 5.41) is 0.638. The van der Waals surface area contributed by atoms with Crippen LogP contribution in [0.5, 0.6) is 11.5 Å². The fourth-order valence-electron chi connectivity index (χ4n) is 2.77. The van der Waals surface area contributed by atoms with Crippen molar-refractivity contribution in [3.63, 3.8) is 0 Å². The lowest BCUT2D eigenvalue weighted by Crippen LogP contribution is -2.14. The summed E-state index contributed by atoms with van der Waals surface area (Å²) in [5.41, 5.74) is 1.40. The van der Waals surface area contributed by atoms with Gasteiger partial charge in [0.25, 0.3) is 10.0 Å². The van der Waals surface area contributed by atoms with Crippen molar-refractivity contribution >= 4 is 27.3 Å². The van der Waals surface area contributed by atoms with Gasteiger partial charge < -0.3 is 14.4 Å². The maximum Gasteiger partial charge on any atom is 0.262 e. The molecule has 1 N–H and O–H groups in total. The minimum atomic E-state index is -3.77. The molecule has 0 fully saturated rings. The predicted octanol–water partition coefficient (Wildman–Crippen LogP) is 4.04. The minimum absolute atomic E-state index is 0.0904. The van der Waals surface area contributed by atoms with Crippen LogP contribution in [0.4, 0.5) is 5.69 Å². The number of unbranched alkanes of at least 4 members (excludes halogenated alkanes) is 1. The maximum atomic E-state index is 12.8. The molecule has 0 saturated carbocycles. The van der Waals surface area contributed by atoms with Crippen LogP contribution in [0.1, 0.15) is 18.4 Å². The van der Waals surface area contributed by atoms with Crippen LogP contribution in [0, 0.1) is 0 Å². The number of halogens is 1. The van der Waals surface area contributed by atoms with Gasteiger partial charge in [0.2, 0.25) is 0 Å². The van der Waals surface area contributed by atoms with E-state index in [1.807, 2.05) is 14.1 Å². The normalized spacial score (nSPS) is 11.5. The summed E-state index contributed by atoms with van der Waals surface area (Å²) in [7, 11) is 3.26. The number of rotatable bonds is 10. The first-order valence-electron chi connectivity index (χ1n) is 8.95. The van der Waals surface area contributed by atoms with E-state index in [0.29, 0.717) is 22.2 Å². The minimum Gasteiger partial charge on any atom is -0.493 e. The first-order valence-corrected chi connectivity index (χ1v) is 10.8. The Kier molecular flexibility index (Phi) is 7.98. The van der Waals surface area contributed by atoms with E-state index in [0.717, 1.165) is 31.4 Å². The number of methoxy groups -OCH3 is 2. The van der Waals surface area contributed by atoms with Crippen molar-refractivity contribution in [3.05, 3.63) is 47.0 Å². The molecule has 2 rings (SSSR count). The molecule has 0 atom stereocenters. The van der Waals surface area contributed by atoms with Crippen molar-refractivity contribution in [2.75, 3.05) is 39.6 Å². The fourth-order valence-corrected chi connectivity index (χ4v) is 4.05. The molecular weight excluding hydrogens is 400 g/mol. The summed E-state index contributed by atoms with van der Waals surface area (Å²) >= 11 is 6.28. The molecule has 0 aromatic heterocycles. The van der Waals surface area contributed by atoms with Crippen molar-refractivity contribution in [1.82, 2.24) is 4.90 Å². The van der Waals surface area contributed by atoms with Crippen LogP contribution in [0.2, 0.25) is 5.02 Å². The second-order valence-electron chi connectivity index (χ2n) is 6.69. The summed E-state index contributed by atoms with van der Waals surface area (Å²) < 4.78 is 38.5. The zero-order valence-electron chi connectivity index (χ0n) is 16.7. The number of sulfonamides is 1. The monoisotopic (exact) mass is 426 g/mol. The Bertz CT molecular complexity index is 901. The number of ether oxygens (including phenoxy) is 2. The number of nitrogens with zero attached hydrogens (tertiary/aromatic N) is 1. The van der Waals surface area contributed by atoms with Gasteiger partial charge in [-0.25, -0.2) is 8.42 Å². The van der Waals surface area contributed by atoms with Crippen molar-refractivity contribution in [3.8, 4) is 11.5 Å². The summed E-state index contributed by atoms with van der Waals surface area (Å²) in [4.78, 5) is 2.22. The van der Waals surface area contributed by atoms with Crippen molar-refractivity contribution in [2.24, 2.45) is 0 Å². The van der Waals surface area contributed by atoms with E-state index in [2.05, 4.69) is 9.62 Å². The van der Waals surface area contributed by atoms with Gasteiger partial charge in [0.1, 0.15) is 0 Å². The number of aryl methyl sites for hydroxylation is 1. The van der Waals surface area contributed by atoms with Gasteiger partial charge in [-0.15, -0.1) is 0 Å². The summed E-state index contributed by atoms with van der Waals surface area (Å²) in [6, 6.07) is 9.63. The van der Waals surface area contributed by atoms with E-state index < -0.39 is 10.0 Å². The van der Waals surface area contributed by atoms with Gasteiger partial charge in [-0.1, -0.05) is 11.6 Å². The Morgan fingerprint density at radius 1 is 1.00 bits per heavy atom. The molecule has 0 heterocycles. The summed E-state index contributed by atoms with van der Waals surface area (Å²) in [6.45, 7) is 1.00. The van der Waals surface area contributed by atoms with E-state index in [9.17, 15) is 8.42 Å². The van der Waals surface area contributed by atoms with Gasteiger partial charge in [-0.05, 0) is 75.8 Å². The van der Waals surface area contributed by atoms with Crippen molar-refractivity contribution in [1.29, 1.82) is 0 Å². The zero-order chi connectivity index (χ0) is 20.7. The fraction of sp³-hybridized carbons (Fsp3) is 0.400. The van der Waals surface area contributed by atoms with Crippen LogP contribution in [-0.2, 0) is 16.4 Å². The maximum absolute atomic E-state index is 12.8. The third kappa shape index (κ3) is 6.02. The number of hydrogen-bond donors (Lipinski definition) is 1. The van der Waals surface area contributed by atoms with Gasteiger partial charge in [0.05, 0.1) is 19.1 Å². The molecule has 0 radical (unpaired) electrons. The number of anilines is 1. The lowest BCUT2D eigenvalue weighted by molar-refractivity contribution is 0.354. The third-order valence-electron chi connectivity index (χ3n) is 4.26. The lowest BCUT2D eigenvalue weighted by atomic mass is 10.1. The molecule has 0 amide bonds. The molecule has 6 nitrogen and oxygen atoms in total. The number of nitrogens with one attached hydrogen (secondary N) is 1. The molecule has 0 aliphatic rings. The average Bonchev–Trinajstić information content (AvgIpc) is 2.66. The lowest BCUT2D eigenvalue weighted by Gasteiger charge is -2.13. The quantitative estimate of drug-likeness (QED) is 0.580. The average molecular weight is 427 g/mol. The smallest absolute Gasteiger partial charge is 0.262 e. The highest BCUT2D eigenvalue weighted by Crippen LogP contribution is 2.30. The highest BCUT2D eigenvalue weighted by atomic mass is 35.5. The highest BCUT2D eigenvalue weighted by molar-refractivity contribution is 7.92. The Morgan fingerprint density at radius 2 is 1.71 bits per heavy atom. The van der Waals surface area contributed by atoms with Crippen LogP contribution < -0.4 is 14.2 Å². The molecule has 8 heteroatoms. The van der Waals surface area contributed by atoms with Crippen LogP contribution in [0.3, 0.4) is 0 Å². The molecule has 0 aliphatic heterocycles. The van der Waals surface area contributed by atoms with Crippen LogP contribution in [0.15, 0.2) is 41.3 Å². The molecule has 154 valence electrons. The molecule has 0 bridgehead atoms. The molecule has 0 aliphatic carbocycles. The number of hydrogen-bond acceptors (Lipinski definition) is 5. The molecular formula is C20H27ClN2O4S. The molecule has 0 spiro atoms. The molecule has 0 unspecified atom stereocenters. The largest absolute Gasteiger partial charge is 0.493 e. The Balaban J connectivity index is 2.16. The number of benzene rings is 2. The van der Waals surface area contributed by atoms with Gasteiger partial charge in [-0.3, -0.25) is 4.72 Å². The van der Waals surface area contributed by atoms with E-state index >= 15 is 0 Å². The second kappa shape index (κ2) is 10.0. The van der Waals surface area contributed by atoms with Gasteiger partial charge in [-0.2, -0.15) is 0 Å². The Labute approximate surface area is 172 Å². The molecule has 28 heavy (non-hydrogen) atoms. The Morgan fingerprint density at radius 3 is 2.36 bits per heavy atom. The zero-order valence-corrected chi connectivity index (χ0v) is 18.2. The first-order chi connectivity index (χ1) is 13.3. The van der Waals surface area contributed by atoms with Crippen molar-refractivity contribution in [2.45, 2.75) is 24.2 Å². The van der Waals surface area contributed by atoms with Crippen LogP contribution in [0.25, 0.3) is 0 Å². The van der Waals surface area contributed by atoms with E-state index in [1.54, 1.807) is 24.3 Å². The van der Waals surface area contributed by atoms with Crippen LogP contribution >= 0.6 is 11.6 Å². The predicted molar refractivity (Wildman–Crippen MR) is 113 cm³/mol. The topological polar surface area (TPSA) is 67.9 Å². The molecule has 2 aromatic rings. The van der Waals surface area contributed by atoms with E-state index in [-0.39, 0.29) is 4.90 Å². The highest BCUT2D eigenvalue weighted by Gasteiger charge is 2.18. The molecule has 2 aromatic carbocycles. The van der Waals surface area contributed by atoms with Gasteiger partial charge in [0.15, 0.2) is 11.5 Å². The second-order valence-corrected chi connectivity index (χ2v) is 8.78. The van der Waals surface area contributed by atoms with E-state index in [4.69, 9.17) is 21.1 Å². The standard InChI is InChI=1S/C20H27ClN2O4S/c1-23(2)12-6-5-7-15-13-16(8-10-18(15)21)22-28(24,25)17-9-11-19(26-3)20(14-17)27-4/h8-11,13-14,22H,5-7,12H2,1-4H3. The Hall–Kier alpha value is -1.96. The third-order valence-corrected chi connectivity index (χ3v) is 6.01. The first kappa shape index (κ1) is 22.3. The summed E-state index contributed by atoms with van der Waals surface area (Å²) in [6.07, 6.45) is 2.81. The summed E-state index contributed by atoms with van der Waals surface area (Å²) in [5.74, 6) is 0.816. The van der Waals surface area contributed by atoms with Crippen LogP contribution in [-0.4, -0.2) is 48.2 Å². The SMILES string of the molecule is COc1ccc(S(=O)(=O)Nc2ccc(Cl)c(CCCCN(C)C)c2)cc1OC. The van der Waals surface area contributed by atoms with Crippen molar-refractivity contribution < 1.29 is 17.9 Å². The van der Waals surface area contributed by atoms with E-state index in [1.165, 1.54) is 26.4 Å². The van der Waals surface area contributed by atoms with Gasteiger partial charge >= 0.3 is 0 Å². The van der Waals surface area contributed by atoms with Gasteiger partial charge in [0, 0.05) is 16.8 Å². The molecule has 0 saturated heterocycles.